The first-order chi connectivity index (χ1) is 9.38. The van der Waals surface area contributed by atoms with E-state index < -0.39 is 10.0 Å². The highest BCUT2D eigenvalue weighted by molar-refractivity contribution is 7.89. The van der Waals surface area contributed by atoms with E-state index in [1.165, 1.54) is 6.07 Å². The van der Waals surface area contributed by atoms with Gasteiger partial charge in [0.1, 0.15) is 0 Å². The molecule has 2 aromatic rings. The topological polar surface area (TPSA) is 72.2 Å². The van der Waals surface area contributed by atoms with E-state index in [0.29, 0.717) is 10.7 Å². The smallest absolute Gasteiger partial charge is 0.240 e. The largest absolute Gasteiger partial charge is 0.399 e. The van der Waals surface area contributed by atoms with E-state index >= 15 is 0 Å². The van der Waals surface area contributed by atoms with Crippen molar-refractivity contribution in [3.63, 3.8) is 0 Å². The summed E-state index contributed by atoms with van der Waals surface area (Å²) in [7, 11) is -3.56. The molecule has 2 aromatic carbocycles. The van der Waals surface area contributed by atoms with Crippen LogP contribution in [0.5, 0.6) is 0 Å². The summed E-state index contributed by atoms with van der Waals surface area (Å²) >= 11 is 5.86. The number of aryl methyl sites for hydroxylation is 1. The molecule has 0 atom stereocenters. The number of nitrogens with two attached hydrogens (primary N) is 1. The molecule has 0 aliphatic carbocycles. The van der Waals surface area contributed by atoms with Crippen molar-refractivity contribution in [1.29, 1.82) is 0 Å². The summed E-state index contributed by atoms with van der Waals surface area (Å²) in [5.41, 5.74) is 7.78. The minimum Gasteiger partial charge on any atom is -0.399 e. The Kier molecular flexibility index (Phi) is 4.32. The zero-order valence-corrected chi connectivity index (χ0v) is 12.5. The molecule has 0 amide bonds. The molecule has 6 heteroatoms. The fourth-order valence-corrected chi connectivity index (χ4v) is 3.04. The van der Waals surface area contributed by atoms with Gasteiger partial charge >= 0.3 is 0 Å². The maximum atomic E-state index is 12.2. The van der Waals surface area contributed by atoms with Crippen molar-refractivity contribution in [1.82, 2.24) is 4.72 Å². The summed E-state index contributed by atoms with van der Waals surface area (Å²) in [4.78, 5) is 0.200. The first-order valence-corrected chi connectivity index (χ1v) is 7.85. The number of hydrogen-bond acceptors (Lipinski definition) is 3. The number of nitrogen functional groups attached to an aromatic ring is 1. The van der Waals surface area contributed by atoms with Crippen molar-refractivity contribution >= 4 is 27.3 Å². The third-order valence-corrected chi connectivity index (χ3v) is 4.54. The fourth-order valence-electron chi connectivity index (χ4n) is 1.72. The predicted octanol–water partition coefficient (Wildman–Crippen LogP) is 2.71. The lowest BCUT2D eigenvalue weighted by molar-refractivity contribution is 0.581. The monoisotopic (exact) mass is 310 g/mol. The van der Waals surface area contributed by atoms with Crippen LogP contribution in [0.2, 0.25) is 5.02 Å². The molecule has 0 aliphatic heterocycles. The second-order valence-electron chi connectivity index (χ2n) is 4.47. The molecule has 106 valence electrons. The summed E-state index contributed by atoms with van der Waals surface area (Å²) in [6.07, 6.45) is 0. The number of benzene rings is 2. The van der Waals surface area contributed by atoms with Crippen molar-refractivity contribution in [2.24, 2.45) is 0 Å². The lowest BCUT2D eigenvalue weighted by Gasteiger charge is -2.09. The van der Waals surface area contributed by atoms with Gasteiger partial charge in [-0.15, -0.1) is 0 Å². The number of anilines is 1. The summed E-state index contributed by atoms with van der Waals surface area (Å²) < 4.78 is 26.9. The van der Waals surface area contributed by atoms with Crippen LogP contribution in [0, 0.1) is 6.92 Å². The summed E-state index contributed by atoms with van der Waals surface area (Å²) in [5, 5.41) is 0.574. The van der Waals surface area contributed by atoms with Gasteiger partial charge in [-0.25, -0.2) is 13.1 Å². The minimum absolute atomic E-state index is 0.187. The molecule has 0 bridgehead atoms. The summed E-state index contributed by atoms with van der Waals surface area (Å²) in [6.45, 7) is 1.96. The molecule has 0 radical (unpaired) electrons. The molecule has 0 saturated heterocycles. The molecule has 2 rings (SSSR count). The van der Waals surface area contributed by atoms with E-state index in [9.17, 15) is 8.42 Å². The standard InChI is InChI=1S/C14H15ClN2O2S/c1-10-7-13(5-6-14(10)16)20(18,19)17-9-11-3-2-4-12(15)8-11/h2-8,17H,9,16H2,1H3. The van der Waals surface area contributed by atoms with Crippen LogP contribution in [0.15, 0.2) is 47.4 Å². The van der Waals surface area contributed by atoms with Crippen LogP contribution in [-0.4, -0.2) is 8.42 Å². The van der Waals surface area contributed by atoms with E-state index in [0.717, 1.165) is 11.1 Å². The lowest BCUT2D eigenvalue weighted by atomic mass is 10.2. The normalized spacial score (nSPS) is 11.5. The van der Waals surface area contributed by atoms with Gasteiger partial charge in [-0.2, -0.15) is 0 Å². The van der Waals surface area contributed by atoms with Gasteiger partial charge in [0.25, 0.3) is 0 Å². The Balaban J connectivity index is 2.17. The van der Waals surface area contributed by atoms with Gasteiger partial charge in [-0.3, -0.25) is 0 Å². The minimum atomic E-state index is -3.56. The summed E-state index contributed by atoms with van der Waals surface area (Å²) in [6, 6.07) is 11.7. The van der Waals surface area contributed by atoms with Gasteiger partial charge < -0.3 is 5.73 Å². The van der Waals surface area contributed by atoms with Crippen LogP contribution in [-0.2, 0) is 16.6 Å². The molecule has 0 spiro atoms. The van der Waals surface area contributed by atoms with Gasteiger partial charge in [0.2, 0.25) is 10.0 Å². The fraction of sp³-hybridized carbons (Fsp3) is 0.143. The number of nitrogens with one attached hydrogen (secondary N) is 1. The Labute approximate surface area is 123 Å². The van der Waals surface area contributed by atoms with E-state index in [1.54, 1.807) is 37.3 Å². The Morgan fingerprint density at radius 3 is 2.60 bits per heavy atom. The molecule has 3 N–H and O–H groups in total. The van der Waals surface area contributed by atoms with Crippen molar-refractivity contribution in [3.8, 4) is 0 Å². The average molecular weight is 311 g/mol. The molecular weight excluding hydrogens is 296 g/mol. The highest BCUT2D eigenvalue weighted by Crippen LogP contribution is 2.17. The van der Waals surface area contributed by atoms with Crippen LogP contribution >= 0.6 is 11.6 Å². The molecule has 20 heavy (non-hydrogen) atoms. The number of hydrogen-bond donors (Lipinski definition) is 2. The third-order valence-electron chi connectivity index (χ3n) is 2.91. The van der Waals surface area contributed by atoms with E-state index in [4.69, 9.17) is 17.3 Å². The highest BCUT2D eigenvalue weighted by atomic mass is 35.5. The van der Waals surface area contributed by atoms with Crippen molar-refractivity contribution < 1.29 is 8.42 Å². The average Bonchev–Trinajstić information content (AvgIpc) is 2.40. The number of halogens is 1. The summed E-state index contributed by atoms with van der Waals surface area (Å²) in [5.74, 6) is 0. The van der Waals surface area contributed by atoms with Crippen LogP contribution in [0.4, 0.5) is 5.69 Å². The van der Waals surface area contributed by atoms with Gasteiger partial charge in [0, 0.05) is 17.3 Å². The molecule has 0 fully saturated rings. The molecule has 0 saturated carbocycles. The van der Waals surface area contributed by atoms with E-state index in [1.807, 2.05) is 6.07 Å². The van der Waals surface area contributed by atoms with E-state index in [-0.39, 0.29) is 11.4 Å². The second-order valence-corrected chi connectivity index (χ2v) is 6.68. The van der Waals surface area contributed by atoms with Gasteiger partial charge in [0.15, 0.2) is 0 Å². The van der Waals surface area contributed by atoms with Crippen LogP contribution < -0.4 is 10.5 Å². The van der Waals surface area contributed by atoms with Crippen molar-refractivity contribution in [2.45, 2.75) is 18.4 Å². The van der Waals surface area contributed by atoms with Gasteiger partial charge in [0.05, 0.1) is 4.90 Å². The number of sulfonamides is 1. The zero-order valence-electron chi connectivity index (χ0n) is 10.9. The first kappa shape index (κ1) is 14.8. The quantitative estimate of drug-likeness (QED) is 0.853. The zero-order chi connectivity index (χ0) is 14.8. The van der Waals surface area contributed by atoms with Gasteiger partial charge in [-0.05, 0) is 48.4 Å². The molecule has 0 unspecified atom stereocenters. The maximum Gasteiger partial charge on any atom is 0.240 e. The molecular formula is C14H15ClN2O2S. The van der Waals surface area contributed by atoms with Crippen molar-refractivity contribution in [3.05, 3.63) is 58.6 Å². The van der Waals surface area contributed by atoms with Crippen LogP contribution in [0.25, 0.3) is 0 Å². The van der Waals surface area contributed by atoms with Crippen LogP contribution in [0.3, 0.4) is 0 Å². The number of rotatable bonds is 4. The van der Waals surface area contributed by atoms with Crippen LogP contribution in [0.1, 0.15) is 11.1 Å². The molecule has 0 heterocycles. The van der Waals surface area contributed by atoms with E-state index in [2.05, 4.69) is 4.72 Å². The molecule has 4 nitrogen and oxygen atoms in total. The maximum absolute atomic E-state index is 12.2. The molecule has 0 aliphatic rings. The van der Waals surface area contributed by atoms with Crippen molar-refractivity contribution in [2.75, 3.05) is 5.73 Å². The second kappa shape index (κ2) is 5.83. The lowest BCUT2D eigenvalue weighted by Crippen LogP contribution is -2.23. The predicted molar refractivity (Wildman–Crippen MR) is 81.1 cm³/mol. The Hall–Kier alpha value is -1.56. The third kappa shape index (κ3) is 3.50. The Morgan fingerprint density at radius 2 is 1.95 bits per heavy atom. The Bertz CT molecular complexity index is 730. The van der Waals surface area contributed by atoms with Gasteiger partial charge in [-0.1, -0.05) is 23.7 Å². The first-order valence-electron chi connectivity index (χ1n) is 5.99. The SMILES string of the molecule is Cc1cc(S(=O)(=O)NCc2cccc(Cl)c2)ccc1N. The highest BCUT2D eigenvalue weighted by Gasteiger charge is 2.14. The Morgan fingerprint density at radius 1 is 1.20 bits per heavy atom. The molecule has 0 aromatic heterocycles.